The van der Waals surface area contributed by atoms with Gasteiger partial charge in [-0.15, -0.1) is 0 Å². The zero-order valence-electron chi connectivity index (χ0n) is 8.71. The van der Waals surface area contributed by atoms with E-state index in [0.29, 0.717) is 0 Å². The molecule has 2 aliphatic rings. The van der Waals surface area contributed by atoms with Gasteiger partial charge in [0.2, 0.25) is 0 Å². The van der Waals surface area contributed by atoms with Crippen LogP contribution >= 0.6 is 0 Å². The number of cyclic esters (lactones) is 1. The Bertz CT molecular complexity index is 424. The van der Waals surface area contributed by atoms with Crippen LogP contribution in [0.3, 0.4) is 0 Å². The molecule has 3 rings (SSSR count). The lowest BCUT2D eigenvalue weighted by molar-refractivity contribution is -0.145. The summed E-state index contributed by atoms with van der Waals surface area (Å²) in [7, 11) is 0. The predicted octanol–water partition coefficient (Wildman–Crippen LogP) is 2.00. The molecule has 0 bridgehead atoms. The fourth-order valence-electron chi connectivity index (χ4n) is 2.05. The number of hydrogen-bond acceptors (Lipinski definition) is 3. The lowest BCUT2D eigenvalue weighted by Crippen LogP contribution is -2.25. The van der Waals surface area contributed by atoms with E-state index in [2.05, 4.69) is 0 Å². The van der Waals surface area contributed by atoms with Crippen molar-refractivity contribution in [3.05, 3.63) is 48.0 Å². The van der Waals surface area contributed by atoms with Gasteiger partial charge in [0.15, 0.2) is 0 Å². The zero-order chi connectivity index (χ0) is 11.0. The van der Waals surface area contributed by atoms with Crippen molar-refractivity contribution in [2.75, 3.05) is 0 Å². The van der Waals surface area contributed by atoms with Crippen LogP contribution in [-0.2, 0) is 14.3 Å². The Morgan fingerprint density at radius 1 is 1.19 bits per heavy atom. The summed E-state index contributed by atoms with van der Waals surface area (Å²) in [4.78, 5) is 11.1. The van der Waals surface area contributed by atoms with Crippen LogP contribution in [0, 0.1) is 0 Å². The summed E-state index contributed by atoms with van der Waals surface area (Å²) >= 11 is 0. The number of carbonyl (C=O) groups is 1. The Balaban J connectivity index is 1.68. The summed E-state index contributed by atoms with van der Waals surface area (Å²) in [6.07, 6.45) is 4.06. The second-order valence-electron chi connectivity index (χ2n) is 4.05. The molecule has 0 spiro atoms. The summed E-state index contributed by atoms with van der Waals surface area (Å²) in [5.41, 5.74) is 1.15. The van der Waals surface area contributed by atoms with Crippen LogP contribution in [0.1, 0.15) is 18.1 Å². The molecular formula is C13H12O3. The third kappa shape index (κ3) is 1.74. The first-order chi connectivity index (χ1) is 7.84. The second kappa shape index (κ2) is 3.76. The Morgan fingerprint density at radius 3 is 2.75 bits per heavy atom. The van der Waals surface area contributed by atoms with Gasteiger partial charge < -0.3 is 9.47 Å². The molecule has 3 atom stereocenters. The highest BCUT2D eigenvalue weighted by molar-refractivity contribution is 5.82. The molecule has 0 aliphatic carbocycles. The fraction of sp³-hybridized carbons (Fsp3) is 0.308. The number of epoxide rings is 1. The zero-order valence-corrected chi connectivity index (χ0v) is 8.71. The summed E-state index contributed by atoms with van der Waals surface area (Å²) in [6, 6.07) is 10.0. The van der Waals surface area contributed by atoms with E-state index in [1.807, 2.05) is 36.4 Å². The Hall–Kier alpha value is -1.61. The maximum atomic E-state index is 11.1. The maximum Gasteiger partial charge on any atom is 0.330 e. The van der Waals surface area contributed by atoms with Crippen molar-refractivity contribution >= 4 is 5.97 Å². The van der Waals surface area contributed by atoms with E-state index in [9.17, 15) is 4.79 Å². The maximum absolute atomic E-state index is 11.1. The van der Waals surface area contributed by atoms with Gasteiger partial charge in [0, 0.05) is 12.5 Å². The van der Waals surface area contributed by atoms with Gasteiger partial charge in [-0.1, -0.05) is 36.4 Å². The van der Waals surface area contributed by atoms with Crippen molar-refractivity contribution in [3.8, 4) is 0 Å². The number of hydrogen-bond donors (Lipinski definition) is 0. The Kier molecular flexibility index (Phi) is 2.26. The van der Waals surface area contributed by atoms with Gasteiger partial charge in [0.1, 0.15) is 18.3 Å². The average molecular weight is 216 g/mol. The molecule has 1 fully saturated rings. The molecule has 3 heteroatoms. The van der Waals surface area contributed by atoms with Crippen LogP contribution in [0.4, 0.5) is 0 Å². The van der Waals surface area contributed by atoms with Crippen molar-refractivity contribution in [1.29, 1.82) is 0 Å². The van der Waals surface area contributed by atoms with Crippen LogP contribution in [0.2, 0.25) is 0 Å². The van der Waals surface area contributed by atoms with Crippen LogP contribution in [-0.4, -0.2) is 18.2 Å². The molecule has 16 heavy (non-hydrogen) atoms. The van der Waals surface area contributed by atoms with Crippen LogP contribution in [0.15, 0.2) is 42.5 Å². The van der Waals surface area contributed by atoms with Crippen molar-refractivity contribution in [1.82, 2.24) is 0 Å². The van der Waals surface area contributed by atoms with E-state index < -0.39 is 0 Å². The monoisotopic (exact) mass is 216 g/mol. The van der Waals surface area contributed by atoms with E-state index >= 15 is 0 Å². The molecular weight excluding hydrogens is 204 g/mol. The van der Waals surface area contributed by atoms with Gasteiger partial charge in [-0.05, 0) is 5.56 Å². The molecule has 1 saturated heterocycles. The number of carbonyl (C=O) groups excluding carboxylic acids is 1. The third-order valence-electron chi connectivity index (χ3n) is 2.91. The smallest absolute Gasteiger partial charge is 0.330 e. The van der Waals surface area contributed by atoms with Crippen LogP contribution in [0.25, 0.3) is 0 Å². The highest BCUT2D eigenvalue weighted by atomic mass is 16.6. The molecule has 0 saturated carbocycles. The lowest BCUT2D eigenvalue weighted by Gasteiger charge is -2.16. The summed E-state index contributed by atoms with van der Waals surface area (Å²) < 4.78 is 10.8. The number of rotatable bonds is 2. The molecule has 3 nitrogen and oxygen atoms in total. The summed E-state index contributed by atoms with van der Waals surface area (Å²) in [6.45, 7) is 0. The molecule has 1 aromatic carbocycles. The first-order valence-corrected chi connectivity index (χ1v) is 5.42. The highest BCUT2D eigenvalue weighted by Crippen LogP contribution is 2.43. The first kappa shape index (κ1) is 9.60. The van der Waals surface area contributed by atoms with Crippen molar-refractivity contribution in [2.24, 2.45) is 0 Å². The SMILES string of the molecule is O=C1C=CC[C@@H]([C@@H]2O[C@H]2c2ccccc2)O1. The molecule has 1 aromatic rings. The van der Waals surface area contributed by atoms with Gasteiger partial charge in [0.25, 0.3) is 0 Å². The number of benzene rings is 1. The normalized spacial score (nSPS) is 32.2. The third-order valence-corrected chi connectivity index (χ3v) is 2.91. The minimum atomic E-state index is -0.265. The van der Waals surface area contributed by atoms with Crippen molar-refractivity contribution < 1.29 is 14.3 Å². The van der Waals surface area contributed by atoms with Crippen molar-refractivity contribution in [3.63, 3.8) is 0 Å². The Morgan fingerprint density at radius 2 is 2.00 bits per heavy atom. The predicted molar refractivity (Wildman–Crippen MR) is 57.7 cm³/mol. The van der Waals surface area contributed by atoms with Gasteiger partial charge in [-0.2, -0.15) is 0 Å². The van der Waals surface area contributed by atoms with Gasteiger partial charge in [0.05, 0.1) is 0 Å². The number of ether oxygens (including phenoxy) is 2. The lowest BCUT2D eigenvalue weighted by atomic mass is 10.0. The van der Waals surface area contributed by atoms with E-state index in [1.165, 1.54) is 6.08 Å². The second-order valence-corrected chi connectivity index (χ2v) is 4.05. The van der Waals surface area contributed by atoms with Crippen LogP contribution < -0.4 is 0 Å². The number of esters is 1. The molecule has 0 aromatic heterocycles. The van der Waals surface area contributed by atoms with E-state index in [1.54, 1.807) is 0 Å². The summed E-state index contributed by atoms with van der Waals surface area (Å²) in [5, 5.41) is 0. The minimum Gasteiger partial charge on any atom is -0.456 e. The Labute approximate surface area is 93.7 Å². The topological polar surface area (TPSA) is 38.8 Å². The molecule has 2 heterocycles. The molecule has 82 valence electrons. The quantitative estimate of drug-likeness (QED) is 0.560. The fourth-order valence-corrected chi connectivity index (χ4v) is 2.05. The van der Waals surface area contributed by atoms with Crippen molar-refractivity contribution in [2.45, 2.75) is 24.7 Å². The van der Waals surface area contributed by atoms with Gasteiger partial charge >= 0.3 is 5.97 Å². The van der Waals surface area contributed by atoms with E-state index in [4.69, 9.17) is 9.47 Å². The molecule has 0 amide bonds. The molecule has 0 unspecified atom stereocenters. The van der Waals surface area contributed by atoms with E-state index in [-0.39, 0.29) is 24.3 Å². The molecule has 0 radical (unpaired) electrons. The summed E-state index contributed by atoms with van der Waals surface area (Å²) in [5.74, 6) is -0.265. The largest absolute Gasteiger partial charge is 0.456 e. The minimum absolute atomic E-state index is 0.0244. The average Bonchev–Trinajstić information content (AvgIpc) is 3.10. The first-order valence-electron chi connectivity index (χ1n) is 5.42. The molecule has 0 N–H and O–H groups in total. The van der Waals surface area contributed by atoms with Gasteiger partial charge in [-0.25, -0.2) is 4.79 Å². The molecule has 2 aliphatic heterocycles. The van der Waals surface area contributed by atoms with E-state index in [0.717, 1.165) is 12.0 Å². The standard InChI is InChI=1S/C13H12O3/c14-11-8-4-7-10(15-11)13-12(16-13)9-5-2-1-3-6-9/h1-6,8,10,12-13H,7H2/t10-,12-,13-/m0/s1. The highest BCUT2D eigenvalue weighted by Gasteiger charge is 2.47. The van der Waals surface area contributed by atoms with Crippen LogP contribution in [0.5, 0.6) is 0 Å². The van der Waals surface area contributed by atoms with Gasteiger partial charge in [-0.3, -0.25) is 0 Å².